The lowest BCUT2D eigenvalue weighted by Crippen LogP contribution is -2.53. The van der Waals surface area contributed by atoms with Crippen LogP contribution in [0.25, 0.3) is 0 Å². The SMILES string of the molecule is NC(CC(=O)O)C(=O)N1CCN(c2nccs2)CC1. The van der Waals surface area contributed by atoms with Gasteiger partial charge >= 0.3 is 5.97 Å². The van der Waals surface area contributed by atoms with Crippen LogP contribution in [-0.4, -0.2) is 59.1 Å². The summed E-state index contributed by atoms with van der Waals surface area (Å²) in [5.41, 5.74) is 5.58. The molecule has 104 valence electrons. The number of piperazine rings is 1. The van der Waals surface area contributed by atoms with Crippen LogP contribution < -0.4 is 10.6 Å². The van der Waals surface area contributed by atoms with Gasteiger partial charge in [-0.3, -0.25) is 9.59 Å². The predicted octanol–water partition coefficient (Wildman–Crippen LogP) is -0.406. The largest absolute Gasteiger partial charge is 0.481 e. The van der Waals surface area contributed by atoms with Gasteiger partial charge in [0.15, 0.2) is 5.13 Å². The minimum absolute atomic E-state index is 0.291. The number of hydrogen-bond acceptors (Lipinski definition) is 6. The molecule has 1 aliphatic rings. The first-order chi connectivity index (χ1) is 9.08. The summed E-state index contributed by atoms with van der Waals surface area (Å²) in [7, 11) is 0. The van der Waals surface area contributed by atoms with Gasteiger partial charge in [-0.25, -0.2) is 4.98 Å². The molecule has 3 N–H and O–H groups in total. The summed E-state index contributed by atoms with van der Waals surface area (Å²) in [4.78, 5) is 30.4. The zero-order chi connectivity index (χ0) is 13.8. The van der Waals surface area contributed by atoms with E-state index in [1.807, 2.05) is 5.38 Å². The van der Waals surface area contributed by atoms with Gasteiger partial charge in [0.25, 0.3) is 0 Å². The van der Waals surface area contributed by atoms with E-state index in [4.69, 9.17) is 10.8 Å². The van der Waals surface area contributed by atoms with Crippen molar-refractivity contribution in [2.24, 2.45) is 5.73 Å². The molecule has 19 heavy (non-hydrogen) atoms. The number of carboxylic acid groups (broad SMARTS) is 1. The number of carboxylic acids is 1. The molecule has 0 radical (unpaired) electrons. The number of thiazole rings is 1. The van der Waals surface area contributed by atoms with E-state index in [1.165, 1.54) is 0 Å². The molecule has 1 amide bonds. The van der Waals surface area contributed by atoms with Gasteiger partial charge in [-0.15, -0.1) is 11.3 Å². The van der Waals surface area contributed by atoms with Crippen LogP contribution in [0.4, 0.5) is 5.13 Å². The summed E-state index contributed by atoms with van der Waals surface area (Å²) in [5.74, 6) is -1.34. The third-order valence-corrected chi connectivity index (χ3v) is 3.83. The van der Waals surface area contributed by atoms with Gasteiger partial charge in [-0.1, -0.05) is 0 Å². The van der Waals surface area contributed by atoms with E-state index < -0.39 is 12.0 Å². The summed E-state index contributed by atoms with van der Waals surface area (Å²) in [6, 6.07) is -0.955. The van der Waals surface area contributed by atoms with E-state index in [0.717, 1.165) is 5.13 Å². The number of nitrogens with two attached hydrogens (primary N) is 1. The number of rotatable bonds is 4. The Bertz CT molecular complexity index is 443. The number of aliphatic carboxylic acids is 1. The molecule has 0 saturated carbocycles. The molecule has 0 aliphatic carbocycles. The Hall–Kier alpha value is -1.67. The Morgan fingerprint density at radius 1 is 1.42 bits per heavy atom. The van der Waals surface area contributed by atoms with Gasteiger partial charge < -0.3 is 20.6 Å². The van der Waals surface area contributed by atoms with Crippen molar-refractivity contribution in [1.29, 1.82) is 0 Å². The van der Waals surface area contributed by atoms with Crippen molar-refractivity contribution < 1.29 is 14.7 Å². The second-order valence-electron chi connectivity index (χ2n) is 4.33. The predicted molar refractivity (Wildman–Crippen MR) is 71.1 cm³/mol. The van der Waals surface area contributed by atoms with Gasteiger partial charge in [-0.2, -0.15) is 0 Å². The molecular formula is C11H16N4O3S. The quantitative estimate of drug-likeness (QED) is 0.780. The van der Waals surface area contributed by atoms with E-state index >= 15 is 0 Å². The van der Waals surface area contributed by atoms with Crippen molar-refractivity contribution in [2.45, 2.75) is 12.5 Å². The highest BCUT2D eigenvalue weighted by Gasteiger charge is 2.27. The van der Waals surface area contributed by atoms with Crippen molar-refractivity contribution in [3.63, 3.8) is 0 Å². The maximum absolute atomic E-state index is 11.9. The number of aromatic nitrogens is 1. The van der Waals surface area contributed by atoms with Crippen LogP contribution in [0.2, 0.25) is 0 Å². The molecule has 1 fully saturated rings. The van der Waals surface area contributed by atoms with E-state index in [-0.39, 0.29) is 12.3 Å². The van der Waals surface area contributed by atoms with Crippen LogP contribution in [0.15, 0.2) is 11.6 Å². The fourth-order valence-corrected chi connectivity index (χ4v) is 2.70. The zero-order valence-corrected chi connectivity index (χ0v) is 11.2. The number of nitrogens with zero attached hydrogens (tertiary/aromatic N) is 3. The second kappa shape index (κ2) is 5.98. The lowest BCUT2D eigenvalue weighted by molar-refractivity contribution is -0.142. The molecule has 1 aromatic heterocycles. The first kappa shape index (κ1) is 13.8. The van der Waals surface area contributed by atoms with Crippen molar-refractivity contribution in [3.8, 4) is 0 Å². The number of carbonyl (C=O) groups excluding carboxylic acids is 1. The van der Waals surface area contributed by atoms with E-state index in [0.29, 0.717) is 26.2 Å². The number of amides is 1. The summed E-state index contributed by atoms with van der Waals surface area (Å²) in [6.45, 7) is 2.48. The van der Waals surface area contributed by atoms with Crippen molar-refractivity contribution >= 4 is 28.3 Å². The average Bonchev–Trinajstić information content (AvgIpc) is 2.91. The molecule has 1 saturated heterocycles. The molecule has 2 rings (SSSR count). The number of anilines is 1. The standard InChI is InChI=1S/C11H16N4O3S/c12-8(7-9(16)17)10(18)14-2-4-15(5-3-14)11-13-1-6-19-11/h1,6,8H,2-5,7,12H2,(H,16,17). The lowest BCUT2D eigenvalue weighted by Gasteiger charge is -2.35. The average molecular weight is 284 g/mol. The van der Waals surface area contributed by atoms with E-state index in [1.54, 1.807) is 22.4 Å². The third-order valence-electron chi connectivity index (χ3n) is 2.99. The smallest absolute Gasteiger partial charge is 0.305 e. The molecule has 7 nitrogen and oxygen atoms in total. The molecule has 8 heteroatoms. The maximum atomic E-state index is 11.9. The van der Waals surface area contributed by atoms with Gasteiger partial charge in [-0.05, 0) is 0 Å². The normalized spacial score (nSPS) is 17.3. The van der Waals surface area contributed by atoms with Crippen LogP contribution in [0, 0.1) is 0 Å². The zero-order valence-electron chi connectivity index (χ0n) is 10.4. The molecule has 1 atom stereocenters. The number of hydrogen-bond donors (Lipinski definition) is 2. The highest BCUT2D eigenvalue weighted by Crippen LogP contribution is 2.19. The fourth-order valence-electron chi connectivity index (χ4n) is 2.00. The topological polar surface area (TPSA) is 99.8 Å². The van der Waals surface area contributed by atoms with Crippen LogP contribution in [0.5, 0.6) is 0 Å². The Morgan fingerprint density at radius 3 is 2.63 bits per heavy atom. The first-order valence-corrected chi connectivity index (χ1v) is 6.86. The molecule has 0 spiro atoms. The molecule has 0 aromatic carbocycles. The van der Waals surface area contributed by atoms with Crippen LogP contribution in [0.3, 0.4) is 0 Å². The fraction of sp³-hybridized carbons (Fsp3) is 0.545. The van der Waals surface area contributed by atoms with Crippen LogP contribution >= 0.6 is 11.3 Å². The number of carbonyl (C=O) groups is 2. The Morgan fingerprint density at radius 2 is 2.11 bits per heavy atom. The molecule has 1 aliphatic heterocycles. The minimum atomic E-state index is -1.05. The van der Waals surface area contributed by atoms with E-state index in [2.05, 4.69) is 9.88 Å². The van der Waals surface area contributed by atoms with Crippen LogP contribution in [0.1, 0.15) is 6.42 Å². The van der Waals surface area contributed by atoms with E-state index in [9.17, 15) is 9.59 Å². The highest BCUT2D eigenvalue weighted by atomic mass is 32.1. The van der Waals surface area contributed by atoms with Crippen LogP contribution in [-0.2, 0) is 9.59 Å². The molecular weight excluding hydrogens is 268 g/mol. The molecule has 1 unspecified atom stereocenters. The Kier molecular flexibility index (Phi) is 4.33. The van der Waals surface area contributed by atoms with Gasteiger partial charge in [0.05, 0.1) is 12.5 Å². The Labute approximate surface area is 114 Å². The minimum Gasteiger partial charge on any atom is -0.481 e. The van der Waals surface area contributed by atoms with Crippen molar-refractivity contribution in [1.82, 2.24) is 9.88 Å². The first-order valence-electron chi connectivity index (χ1n) is 5.98. The van der Waals surface area contributed by atoms with Crippen molar-refractivity contribution in [2.75, 3.05) is 31.1 Å². The second-order valence-corrected chi connectivity index (χ2v) is 5.20. The molecule has 2 heterocycles. The summed E-state index contributed by atoms with van der Waals surface area (Å²) >= 11 is 1.56. The third kappa shape index (κ3) is 3.42. The van der Waals surface area contributed by atoms with Gasteiger partial charge in [0.1, 0.15) is 0 Å². The highest BCUT2D eigenvalue weighted by molar-refractivity contribution is 7.13. The lowest BCUT2D eigenvalue weighted by atomic mass is 10.2. The van der Waals surface area contributed by atoms with Gasteiger partial charge in [0, 0.05) is 37.8 Å². The van der Waals surface area contributed by atoms with Gasteiger partial charge in [0.2, 0.25) is 5.91 Å². The summed E-state index contributed by atoms with van der Waals surface area (Å²) in [6.07, 6.45) is 1.42. The maximum Gasteiger partial charge on any atom is 0.305 e. The Balaban J connectivity index is 1.86. The monoisotopic (exact) mass is 284 g/mol. The molecule has 0 bridgehead atoms. The molecule has 1 aromatic rings. The summed E-state index contributed by atoms with van der Waals surface area (Å²) < 4.78 is 0. The summed E-state index contributed by atoms with van der Waals surface area (Å²) in [5, 5.41) is 11.5. The van der Waals surface area contributed by atoms with Crippen molar-refractivity contribution in [3.05, 3.63) is 11.6 Å².